The maximum atomic E-state index is 8.85. The van der Waals surface area contributed by atoms with Crippen molar-refractivity contribution in [3.05, 3.63) is 0 Å². The molecule has 0 aromatic heterocycles. The van der Waals surface area contributed by atoms with Crippen LogP contribution in [0.3, 0.4) is 0 Å². The zero-order chi connectivity index (χ0) is 9.90. The molecular weight excluding hydrogens is 168 g/mol. The van der Waals surface area contributed by atoms with E-state index in [2.05, 4.69) is 0 Å². The molecule has 0 saturated carbocycles. The molecule has 13 heavy (non-hydrogen) atoms. The number of hydrogen-bond acceptors (Lipinski definition) is 3. The van der Waals surface area contributed by atoms with Crippen LogP contribution in [0, 0.1) is 0 Å². The molecule has 0 amide bonds. The zero-order valence-corrected chi connectivity index (χ0v) is 8.75. The minimum absolute atomic E-state index is 0.0357. The topological polar surface area (TPSA) is 38.7 Å². The highest BCUT2D eigenvalue weighted by Crippen LogP contribution is 2.21. The Morgan fingerprint density at radius 1 is 1.31 bits per heavy atom. The van der Waals surface area contributed by atoms with Crippen molar-refractivity contribution < 1.29 is 14.6 Å². The summed E-state index contributed by atoms with van der Waals surface area (Å²) in [6, 6.07) is 0. The number of hydrogen-bond donors (Lipinski definition) is 1. The molecule has 1 aliphatic heterocycles. The van der Waals surface area contributed by atoms with E-state index in [1.54, 1.807) is 0 Å². The normalized spacial score (nSPS) is 29.5. The Morgan fingerprint density at radius 2 is 1.92 bits per heavy atom. The van der Waals surface area contributed by atoms with Gasteiger partial charge in [-0.2, -0.15) is 0 Å². The van der Waals surface area contributed by atoms with Crippen molar-refractivity contribution in [3.8, 4) is 0 Å². The average molecular weight is 188 g/mol. The third-order valence-electron chi connectivity index (χ3n) is 2.10. The lowest BCUT2D eigenvalue weighted by Gasteiger charge is -2.22. The van der Waals surface area contributed by atoms with Gasteiger partial charge in [-0.25, -0.2) is 0 Å². The van der Waals surface area contributed by atoms with Crippen LogP contribution in [0.5, 0.6) is 0 Å². The third kappa shape index (κ3) is 4.07. The molecule has 1 N–H and O–H groups in total. The first-order chi connectivity index (χ1) is 6.01. The summed E-state index contributed by atoms with van der Waals surface area (Å²) >= 11 is 0. The van der Waals surface area contributed by atoms with Crippen molar-refractivity contribution in [3.63, 3.8) is 0 Å². The van der Waals surface area contributed by atoms with Crippen molar-refractivity contribution in [2.45, 2.75) is 51.4 Å². The summed E-state index contributed by atoms with van der Waals surface area (Å²) in [6.07, 6.45) is 2.17. The summed E-state index contributed by atoms with van der Waals surface area (Å²) in [4.78, 5) is 0. The molecule has 3 nitrogen and oxygen atoms in total. The largest absolute Gasteiger partial charge is 0.394 e. The average Bonchev–Trinajstić information content (AvgIpc) is 2.47. The summed E-state index contributed by atoms with van der Waals surface area (Å²) in [5.74, 6) is 0. The summed E-state index contributed by atoms with van der Waals surface area (Å²) in [7, 11) is 0. The van der Waals surface area contributed by atoms with Crippen LogP contribution in [-0.4, -0.2) is 36.1 Å². The van der Waals surface area contributed by atoms with E-state index in [1.807, 2.05) is 20.8 Å². The van der Waals surface area contributed by atoms with Crippen molar-refractivity contribution in [1.29, 1.82) is 0 Å². The van der Waals surface area contributed by atoms with Crippen LogP contribution in [0.1, 0.15) is 33.6 Å². The van der Waals surface area contributed by atoms with Crippen LogP contribution in [0.2, 0.25) is 0 Å². The third-order valence-corrected chi connectivity index (χ3v) is 2.10. The van der Waals surface area contributed by atoms with Crippen molar-refractivity contribution in [2.75, 3.05) is 13.2 Å². The Bertz CT molecular complexity index is 151. The summed E-state index contributed by atoms with van der Waals surface area (Å²) in [5.41, 5.74) is -0.0966. The van der Waals surface area contributed by atoms with Crippen LogP contribution in [0.25, 0.3) is 0 Å². The number of rotatable bonds is 3. The maximum Gasteiger partial charge on any atom is 0.0814 e. The van der Waals surface area contributed by atoms with E-state index in [0.717, 1.165) is 12.8 Å². The van der Waals surface area contributed by atoms with Gasteiger partial charge in [0.2, 0.25) is 0 Å². The molecule has 0 bridgehead atoms. The molecule has 0 aromatic rings. The van der Waals surface area contributed by atoms with Crippen LogP contribution < -0.4 is 0 Å². The molecule has 3 heteroatoms. The lowest BCUT2D eigenvalue weighted by molar-refractivity contribution is -0.0758. The minimum atomic E-state index is -0.0966. The molecule has 0 aliphatic carbocycles. The van der Waals surface area contributed by atoms with Gasteiger partial charge in [0.05, 0.1) is 31.0 Å². The molecule has 1 heterocycles. The minimum Gasteiger partial charge on any atom is -0.394 e. The van der Waals surface area contributed by atoms with Gasteiger partial charge in [0.1, 0.15) is 0 Å². The van der Waals surface area contributed by atoms with E-state index >= 15 is 0 Å². The summed E-state index contributed by atoms with van der Waals surface area (Å²) < 4.78 is 11.1. The summed E-state index contributed by atoms with van der Waals surface area (Å²) in [5, 5.41) is 8.85. The molecule has 1 rings (SSSR count). The summed E-state index contributed by atoms with van der Waals surface area (Å²) in [6.45, 7) is 6.87. The van der Waals surface area contributed by atoms with Crippen LogP contribution in [-0.2, 0) is 9.47 Å². The van der Waals surface area contributed by atoms with Gasteiger partial charge in [-0.15, -0.1) is 0 Å². The van der Waals surface area contributed by atoms with E-state index in [-0.39, 0.29) is 24.4 Å². The zero-order valence-electron chi connectivity index (χ0n) is 8.75. The highest BCUT2D eigenvalue weighted by molar-refractivity contribution is 4.73. The highest BCUT2D eigenvalue weighted by atomic mass is 16.6. The van der Waals surface area contributed by atoms with Crippen LogP contribution >= 0.6 is 0 Å². The van der Waals surface area contributed by atoms with Crippen LogP contribution in [0.4, 0.5) is 0 Å². The molecular formula is C10H20O3. The molecule has 2 atom stereocenters. The quantitative estimate of drug-likeness (QED) is 0.726. The predicted molar refractivity (Wildman–Crippen MR) is 50.7 cm³/mol. The lowest BCUT2D eigenvalue weighted by atomic mass is 10.2. The second-order valence-electron chi connectivity index (χ2n) is 4.56. The maximum absolute atomic E-state index is 8.85. The monoisotopic (exact) mass is 188 g/mol. The Balaban J connectivity index is 2.17. The molecule has 1 aliphatic rings. The SMILES string of the molecule is CC(C)(C)OCC1CCC(CO)O1. The second kappa shape index (κ2) is 4.40. The van der Waals surface area contributed by atoms with Gasteiger partial charge in [-0.05, 0) is 33.6 Å². The molecule has 78 valence electrons. The molecule has 0 radical (unpaired) electrons. The van der Waals surface area contributed by atoms with Gasteiger partial charge in [0, 0.05) is 0 Å². The Kier molecular flexibility index (Phi) is 3.71. The lowest BCUT2D eigenvalue weighted by Crippen LogP contribution is -2.26. The van der Waals surface area contributed by atoms with E-state index in [4.69, 9.17) is 14.6 Å². The standard InChI is InChI=1S/C10H20O3/c1-10(2,3)12-7-9-5-4-8(6-11)13-9/h8-9,11H,4-7H2,1-3H3. The van der Waals surface area contributed by atoms with E-state index in [1.165, 1.54) is 0 Å². The molecule has 0 aromatic carbocycles. The molecule has 0 spiro atoms. The smallest absolute Gasteiger partial charge is 0.0814 e. The number of aliphatic hydroxyl groups excluding tert-OH is 1. The van der Waals surface area contributed by atoms with E-state index in [9.17, 15) is 0 Å². The highest BCUT2D eigenvalue weighted by Gasteiger charge is 2.25. The van der Waals surface area contributed by atoms with Crippen molar-refractivity contribution in [1.82, 2.24) is 0 Å². The molecule has 1 saturated heterocycles. The van der Waals surface area contributed by atoms with Gasteiger partial charge in [-0.3, -0.25) is 0 Å². The first kappa shape index (κ1) is 11.0. The first-order valence-electron chi connectivity index (χ1n) is 4.91. The Labute approximate surface area is 80.0 Å². The first-order valence-corrected chi connectivity index (χ1v) is 4.91. The van der Waals surface area contributed by atoms with Gasteiger partial charge >= 0.3 is 0 Å². The fourth-order valence-electron chi connectivity index (χ4n) is 1.38. The number of aliphatic hydroxyl groups is 1. The fraction of sp³-hybridized carbons (Fsp3) is 1.00. The Morgan fingerprint density at radius 3 is 2.38 bits per heavy atom. The van der Waals surface area contributed by atoms with Gasteiger partial charge in [-0.1, -0.05) is 0 Å². The van der Waals surface area contributed by atoms with Crippen molar-refractivity contribution >= 4 is 0 Å². The van der Waals surface area contributed by atoms with Crippen molar-refractivity contribution in [2.24, 2.45) is 0 Å². The van der Waals surface area contributed by atoms with E-state index < -0.39 is 0 Å². The van der Waals surface area contributed by atoms with Crippen LogP contribution in [0.15, 0.2) is 0 Å². The molecule has 2 unspecified atom stereocenters. The second-order valence-corrected chi connectivity index (χ2v) is 4.56. The van der Waals surface area contributed by atoms with Gasteiger partial charge < -0.3 is 14.6 Å². The Hall–Kier alpha value is -0.120. The fourth-order valence-corrected chi connectivity index (χ4v) is 1.38. The predicted octanol–water partition coefficient (Wildman–Crippen LogP) is 1.34. The van der Waals surface area contributed by atoms with Gasteiger partial charge in [0.15, 0.2) is 0 Å². The molecule has 1 fully saturated rings. The van der Waals surface area contributed by atoms with E-state index in [0.29, 0.717) is 6.61 Å². The van der Waals surface area contributed by atoms with Gasteiger partial charge in [0.25, 0.3) is 0 Å². The number of ether oxygens (including phenoxy) is 2.